The van der Waals surface area contributed by atoms with Gasteiger partial charge in [-0.25, -0.2) is 0 Å². The second kappa shape index (κ2) is 6.10. The van der Waals surface area contributed by atoms with Crippen LogP contribution in [0.3, 0.4) is 0 Å². The van der Waals surface area contributed by atoms with E-state index < -0.39 is 0 Å². The van der Waals surface area contributed by atoms with Crippen molar-refractivity contribution in [3.05, 3.63) is 36.0 Å². The fourth-order valence-corrected chi connectivity index (χ4v) is 3.17. The van der Waals surface area contributed by atoms with Crippen molar-refractivity contribution >= 4 is 16.8 Å². The van der Waals surface area contributed by atoms with E-state index >= 15 is 0 Å². The van der Waals surface area contributed by atoms with Crippen LogP contribution in [0.4, 0.5) is 0 Å². The second-order valence-electron chi connectivity index (χ2n) is 6.11. The van der Waals surface area contributed by atoms with Crippen LogP contribution in [0.1, 0.15) is 17.3 Å². The Labute approximate surface area is 130 Å². The van der Waals surface area contributed by atoms with Crippen LogP contribution in [0.2, 0.25) is 0 Å². The average Bonchev–Trinajstić information content (AvgIpc) is 2.88. The van der Waals surface area contributed by atoms with Crippen LogP contribution in [0.25, 0.3) is 10.9 Å². The molecule has 1 aliphatic rings. The third kappa shape index (κ3) is 2.87. The van der Waals surface area contributed by atoms with Gasteiger partial charge in [0.2, 0.25) is 0 Å². The number of nitrogens with zero attached hydrogens (tertiary/aromatic N) is 3. The quantitative estimate of drug-likeness (QED) is 0.930. The van der Waals surface area contributed by atoms with Crippen molar-refractivity contribution < 1.29 is 9.90 Å². The zero-order valence-corrected chi connectivity index (χ0v) is 13.2. The number of aryl methyl sites for hydroxylation is 1. The van der Waals surface area contributed by atoms with Crippen molar-refractivity contribution in [2.45, 2.75) is 13.0 Å². The Hall–Kier alpha value is -1.85. The van der Waals surface area contributed by atoms with E-state index in [2.05, 4.69) is 4.90 Å². The topological polar surface area (TPSA) is 48.7 Å². The van der Waals surface area contributed by atoms with Crippen LogP contribution in [0.5, 0.6) is 0 Å². The van der Waals surface area contributed by atoms with Gasteiger partial charge in [0.05, 0.1) is 6.10 Å². The molecule has 1 N–H and O–H groups in total. The molecule has 0 unspecified atom stereocenters. The molecule has 1 saturated heterocycles. The van der Waals surface area contributed by atoms with Crippen LogP contribution in [0.15, 0.2) is 30.5 Å². The Morgan fingerprint density at radius 2 is 1.95 bits per heavy atom. The number of fused-ring (bicyclic) bond motifs is 1. The predicted octanol–water partition coefficient (Wildman–Crippen LogP) is 1.32. The molecule has 0 aliphatic carbocycles. The molecule has 1 fully saturated rings. The van der Waals surface area contributed by atoms with Crippen molar-refractivity contribution in [3.8, 4) is 0 Å². The van der Waals surface area contributed by atoms with E-state index in [9.17, 15) is 9.90 Å². The normalized spacial score (nSPS) is 17.9. The lowest BCUT2D eigenvalue weighted by Gasteiger charge is -2.35. The SMILES string of the molecule is C[C@H](O)CN1CCN(C(=O)c2cccc3c2ccn3C)CC1. The summed E-state index contributed by atoms with van der Waals surface area (Å²) >= 11 is 0. The van der Waals surface area contributed by atoms with Crippen LogP contribution in [-0.4, -0.2) is 64.2 Å². The van der Waals surface area contributed by atoms with Gasteiger partial charge in [0.25, 0.3) is 5.91 Å². The van der Waals surface area contributed by atoms with Gasteiger partial charge < -0.3 is 14.6 Å². The van der Waals surface area contributed by atoms with Crippen molar-refractivity contribution in [1.29, 1.82) is 0 Å². The number of carbonyl (C=O) groups is 1. The lowest BCUT2D eigenvalue weighted by Crippen LogP contribution is -2.50. The molecule has 1 atom stereocenters. The Morgan fingerprint density at radius 3 is 2.64 bits per heavy atom. The maximum absolute atomic E-state index is 12.8. The van der Waals surface area contributed by atoms with Gasteiger partial charge in [0, 0.05) is 62.4 Å². The minimum atomic E-state index is -0.319. The number of β-amino-alcohol motifs (C(OH)–C–C–N with tert-alkyl or cyclic N) is 1. The molecule has 0 saturated carbocycles. The summed E-state index contributed by atoms with van der Waals surface area (Å²) in [6.45, 7) is 5.55. The first-order valence-corrected chi connectivity index (χ1v) is 7.80. The summed E-state index contributed by atoms with van der Waals surface area (Å²) in [5.74, 6) is 0.105. The highest BCUT2D eigenvalue weighted by atomic mass is 16.3. The maximum Gasteiger partial charge on any atom is 0.254 e. The molecule has 2 heterocycles. The van der Waals surface area contributed by atoms with Crippen molar-refractivity contribution in [3.63, 3.8) is 0 Å². The minimum Gasteiger partial charge on any atom is -0.392 e. The fraction of sp³-hybridized carbons (Fsp3) is 0.471. The van der Waals surface area contributed by atoms with Gasteiger partial charge in [-0.2, -0.15) is 0 Å². The molecule has 1 aromatic heterocycles. The molecule has 3 rings (SSSR count). The third-order valence-electron chi connectivity index (χ3n) is 4.34. The summed E-state index contributed by atoms with van der Waals surface area (Å²) in [6, 6.07) is 7.89. The predicted molar refractivity (Wildman–Crippen MR) is 86.9 cm³/mol. The van der Waals surface area contributed by atoms with Crippen LogP contribution in [-0.2, 0) is 7.05 Å². The Kier molecular flexibility index (Phi) is 4.18. The van der Waals surface area contributed by atoms with Gasteiger partial charge in [-0.1, -0.05) is 6.07 Å². The lowest BCUT2D eigenvalue weighted by molar-refractivity contribution is 0.0556. The van der Waals surface area contributed by atoms with Gasteiger partial charge in [0.1, 0.15) is 0 Å². The zero-order chi connectivity index (χ0) is 15.7. The van der Waals surface area contributed by atoms with Crippen LogP contribution < -0.4 is 0 Å². The third-order valence-corrected chi connectivity index (χ3v) is 4.34. The number of rotatable bonds is 3. The number of aliphatic hydroxyl groups is 1. The molecule has 5 nitrogen and oxygen atoms in total. The van der Waals surface area contributed by atoms with E-state index in [4.69, 9.17) is 0 Å². The van der Waals surface area contributed by atoms with Crippen LogP contribution in [0, 0.1) is 0 Å². The van der Waals surface area contributed by atoms with E-state index in [1.807, 2.05) is 47.0 Å². The first-order chi connectivity index (χ1) is 10.6. The van der Waals surface area contributed by atoms with E-state index in [-0.39, 0.29) is 12.0 Å². The molecule has 1 aromatic carbocycles. The smallest absolute Gasteiger partial charge is 0.254 e. The van der Waals surface area contributed by atoms with Crippen molar-refractivity contribution in [2.75, 3.05) is 32.7 Å². The Balaban J connectivity index is 1.74. The fourth-order valence-electron chi connectivity index (χ4n) is 3.17. The first kappa shape index (κ1) is 15.1. The number of hydrogen-bond acceptors (Lipinski definition) is 3. The molecule has 5 heteroatoms. The molecule has 0 bridgehead atoms. The highest BCUT2D eigenvalue weighted by Crippen LogP contribution is 2.21. The largest absolute Gasteiger partial charge is 0.392 e. The average molecular weight is 301 g/mol. The number of amides is 1. The van der Waals surface area contributed by atoms with E-state index in [1.54, 1.807) is 6.92 Å². The summed E-state index contributed by atoms with van der Waals surface area (Å²) < 4.78 is 2.03. The number of aromatic nitrogens is 1. The number of piperazine rings is 1. The summed E-state index contributed by atoms with van der Waals surface area (Å²) in [6.07, 6.45) is 1.67. The molecule has 0 spiro atoms. The molecular formula is C17H23N3O2. The number of benzene rings is 1. The van der Waals surface area contributed by atoms with Gasteiger partial charge in [-0.3, -0.25) is 9.69 Å². The molecule has 118 valence electrons. The summed E-state index contributed by atoms with van der Waals surface area (Å²) in [7, 11) is 1.99. The molecule has 0 radical (unpaired) electrons. The van der Waals surface area contributed by atoms with E-state index in [0.29, 0.717) is 6.54 Å². The maximum atomic E-state index is 12.8. The van der Waals surface area contributed by atoms with Gasteiger partial charge >= 0.3 is 0 Å². The number of carbonyl (C=O) groups excluding carboxylic acids is 1. The Morgan fingerprint density at radius 1 is 1.23 bits per heavy atom. The summed E-state index contributed by atoms with van der Waals surface area (Å²) in [4.78, 5) is 16.9. The van der Waals surface area contributed by atoms with Crippen molar-refractivity contribution in [1.82, 2.24) is 14.4 Å². The molecular weight excluding hydrogens is 278 g/mol. The standard InChI is InChI=1S/C17H23N3O2/c1-13(21)12-19-8-10-20(11-9-19)17(22)15-4-3-5-16-14(15)6-7-18(16)2/h3-7,13,21H,8-12H2,1-2H3/t13-/m0/s1. The Bertz CT molecular complexity index is 670. The highest BCUT2D eigenvalue weighted by molar-refractivity contribution is 6.06. The summed E-state index contributed by atoms with van der Waals surface area (Å²) in [5.41, 5.74) is 1.86. The van der Waals surface area contributed by atoms with Gasteiger partial charge in [-0.05, 0) is 25.1 Å². The van der Waals surface area contributed by atoms with Gasteiger partial charge in [0.15, 0.2) is 0 Å². The van der Waals surface area contributed by atoms with Crippen LogP contribution >= 0.6 is 0 Å². The van der Waals surface area contributed by atoms with Gasteiger partial charge in [-0.15, -0.1) is 0 Å². The molecule has 1 amide bonds. The number of hydrogen-bond donors (Lipinski definition) is 1. The zero-order valence-electron chi connectivity index (χ0n) is 13.2. The highest BCUT2D eigenvalue weighted by Gasteiger charge is 2.24. The molecule has 22 heavy (non-hydrogen) atoms. The lowest BCUT2D eigenvalue weighted by atomic mass is 10.1. The minimum absolute atomic E-state index is 0.105. The molecule has 2 aromatic rings. The first-order valence-electron chi connectivity index (χ1n) is 7.80. The van der Waals surface area contributed by atoms with E-state index in [0.717, 1.165) is 42.6 Å². The second-order valence-corrected chi connectivity index (χ2v) is 6.11. The summed E-state index contributed by atoms with van der Waals surface area (Å²) in [5, 5.41) is 10.5. The van der Waals surface area contributed by atoms with Crippen molar-refractivity contribution in [2.24, 2.45) is 7.05 Å². The van der Waals surface area contributed by atoms with E-state index in [1.165, 1.54) is 0 Å². The monoisotopic (exact) mass is 301 g/mol. The molecule has 1 aliphatic heterocycles. The number of aliphatic hydroxyl groups excluding tert-OH is 1.